The molecule has 0 saturated carbocycles. The molecule has 0 bridgehead atoms. The molecule has 1 fully saturated rings. The lowest BCUT2D eigenvalue weighted by Crippen LogP contribution is -3.14. The summed E-state index contributed by atoms with van der Waals surface area (Å²) in [6.45, 7) is 2.76. The van der Waals surface area contributed by atoms with Crippen molar-refractivity contribution in [2.24, 2.45) is 0 Å². The van der Waals surface area contributed by atoms with Crippen LogP contribution in [0.5, 0.6) is 5.75 Å². The van der Waals surface area contributed by atoms with Crippen LogP contribution < -0.4 is 9.64 Å². The van der Waals surface area contributed by atoms with E-state index in [4.69, 9.17) is 4.74 Å². The maximum Gasteiger partial charge on any atom is 0.219 e. The Bertz CT molecular complexity index is 617. The summed E-state index contributed by atoms with van der Waals surface area (Å²) in [7, 11) is 1.64. The zero-order valence-electron chi connectivity index (χ0n) is 11.6. The standard InChI is InChI=1S/C15H18N2O2S/c1-19-11-2-3-14-12(8-11)13(9-16-14)15(18)10-17-4-6-20-7-5-17/h2-3,8-9,16H,4-7,10H2,1H3/p+1. The van der Waals surface area contributed by atoms with Gasteiger partial charge in [0, 0.05) is 34.2 Å². The number of ether oxygens (including phenoxy) is 1. The Morgan fingerprint density at radius 2 is 2.20 bits per heavy atom. The van der Waals surface area contributed by atoms with Crippen LogP contribution in [0.2, 0.25) is 0 Å². The summed E-state index contributed by atoms with van der Waals surface area (Å²) in [5.74, 6) is 3.31. The third kappa shape index (κ3) is 2.69. The van der Waals surface area contributed by atoms with Gasteiger partial charge in [0.25, 0.3) is 0 Å². The van der Waals surface area contributed by atoms with Crippen molar-refractivity contribution >= 4 is 28.4 Å². The normalized spacial score (nSPS) is 16.4. The van der Waals surface area contributed by atoms with Crippen molar-refractivity contribution in [2.45, 2.75) is 0 Å². The first kappa shape index (κ1) is 13.5. The molecule has 1 aliphatic rings. The predicted molar refractivity (Wildman–Crippen MR) is 82.1 cm³/mol. The molecule has 106 valence electrons. The number of aromatic amines is 1. The number of thioether (sulfide) groups is 1. The van der Waals surface area contributed by atoms with Crippen LogP contribution in [0, 0.1) is 0 Å². The monoisotopic (exact) mass is 291 g/mol. The highest BCUT2D eigenvalue weighted by molar-refractivity contribution is 7.99. The van der Waals surface area contributed by atoms with Gasteiger partial charge in [0.05, 0.1) is 20.2 Å². The third-order valence-electron chi connectivity index (χ3n) is 3.80. The third-order valence-corrected chi connectivity index (χ3v) is 4.79. The van der Waals surface area contributed by atoms with E-state index in [9.17, 15) is 4.79 Å². The fourth-order valence-corrected chi connectivity index (χ4v) is 3.69. The Hall–Kier alpha value is -1.46. The van der Waals surface area contributed by atoms with E-state index in [1.54, 1.807) is 7.11 Å². The summed E-state index contributed by atoms with van der Waals surface area (Å²) in [6, 6.07) is 5.79. The molecule has 1 aliphatic heterocycles. The van der Waals surface area contributed by atoms with Crippen molar-refractivity contribution in [3.63, 3.8) is 0 Å². The Morgan fingerprint density at radius 1 is 1.40 bits per heavy atom. The number of carbonyl (C=O) groups excluding carboxylic acids is 1. The van der Waals surface area contributed by atoms with Gasteiger partial charge in [0.15, 0.2) is 0 Å². The van der Waals surface area contributed by atoms with Gasteiger partial charge < -0.3 is 14.6 Å². The molecule has 0 unspecified atom stereocenters. The van der Waals surface area contributed by atoms with Crippen LogP contribution in [0.15, 0.2) is 24.4 Å². The lowest BCUT2D eigenvalue weighted by molar-refractivity contribution is -0.887. The number of methoxy groups -OCH3 is 1. The second-order valence-electron chi connectivity index (χ2n) is 5.08. The maximum absolute atomic E-state index is 12.5. The molecule has 2 N–H and O–H groups in total. The highest BCUT2D eigenvalue weighted by atomic mass is 32.2. The number of aromatic nitrogens is 1. The number of rotatable bonds is 4. The van der Waals surface area contributed by atoms with Gasteiger partial charge in [0.2, 0.25) is 5.78 Å². The summed E-state index contributed by atoms with van der Waals surface area (Å²) in [5.41, 5.74) is 1.77. The molecule has 4 nitrogen and oxygen atoms in total. The summed E-state index contributed by atoms with van der Waals surface area (Å²) in [6.07, 6.45) is 1.82. The Morgan fingerprint density at radius 3 is 2.95 bits per heavy atom. The summed E-state index contributed by atoms with van der Waals surface area (Å²) in [4.78, 5) is 17.1. The number of fused-ring (bicyclic) bond motifs is 1. The number of benzene rings is 1. The molecular formula is C15H19N2O2S+. The highest BCUT2D eigenvalue weighted by Gasteiger charge is 2.20. The van der Waals surface area contributed by atoms with Crippen LogP contribution in [0.3, 0.4) is 0 Å². The number of carbonyl (C=O) groups is 1. The van der Waals surface area contributed by atoms with E-state index in [0.29, 0.717) is 6.54 Å². The summed E-state index contributed by atoms with van der Waals surface area (Å²) < 4.78 is 5.24. The van der Waals surface area contributed by atoms with Gasteiger partial charge in [-0.2, -0.15) is 11.8 Å². The van der Waals surface area contributed by atoms with Crippen molar-refractivity contribution in [2.75, 3.05) is 38.2 Å². The molecule has 5 heteroatoms. The molecule has 1 aromatic carbocycles. The number of H-pyrrole nitrogens is 1. The zero-order valence-corrected chi connectivity index (χ0v) is 12.4. The fourth-order valence-electron chi connectivity index (χ4n) is 2.62. The molecular weight excluding hydrogens is 272 g/mol. The Labute approximate surface area is 122 Å². The van der Waals surface area contributed by atoms with Crippen LogP contribution in [0.25, 0.3) is 10.9 Å². The minimum absolute atomic E-state index is 0.214. The average molecular weight is 291 g/mol. The molecule has 20 heavy (non-hydrogen) atoms. The van der Waals surface area contributed by atoms with Crippen molar-refractivity contribution in [1.82, 2.24) is 4.98 Å². The molecule has 3 rings (SSSR count). The first-order chi connectivity index (χ1) is 9.78. The van der Waals surface area contributed by atoms with E-state index in [1.165, 1.54) is 4.90 Å². The molecule has 0 amide bonds. The van der Waals surface area contributed by atoms with E-state index in [0.717, 1.165) is 46.8 Å². The zero-order chi connectivity index (χ0) is 13.9. The van der Waals surface area contributed by atoms with E-state index < -0.39 is 0 Å². The smallest absolute Gasteiger partial charge is 0.219 e. The van der Waals surface area contributed by atoms with E-state index in [2.05, 4.69) is 4.98 Å². The maximum atomic E-state index is 12.5. The number of quaternary nitrogens is 1. The molecule has 0 atom stereocenters. The molecule has 0 spiro atoms. The van der Waals surface area contributed by atoms with Crippen LogP contribution in [0.4, 0.5) is 0 Å². The Balaban J connectivity index is 1.83. The van der Waals surface area contributed by atoms with Crippen molar-refractivity contribution in [1.29, 1.82) is 0 Å². The quantitative estimate of drug-likeness (QED) is 0.826. The average Bonchev–Trinajstić information content (AvgIpc) is 2.91. The van der Waals surface area contributed by atoms with Crippen LogP contribution in [-0.2, 0) is 0 Å². The van der Waals surface area contributed by atoms with Crippen molar-refractivity contribution in [3.05, 3.63) is 30.0 Å². The first-order valence-corrected chi connectivity index (χ1v) is 8.03. The Kier molecular flexibility index (Phi) is 3.98. The molecule has 1 saturated heterocycles. The number of ketones is 1. The molecule has 2 heterocycles. The van der Waals surface area contributed by atoms with Gasteiger partial charge in [-0.05, 0) is 18.2 Å². The van der Waals surface area contributed by atoms with Crippen molar-refractivity contribution < 1.29 is 14.4 Å². The van der Waals surface area contributed by atoms with E-state index in [1.807, 2.05) is 36.2 Å². The van der Waals surface area contributed by atoms with Crippen LogP contribution in [0.1, 0.15) is 10.4 Å². The molecule has 1 aromatic heterocycles. The largest absolute Gasteiger partial charge is 0.497 e. The summed E-state index contributed by atoms with van der Waals surface area (Å²) in [5, 5.41) is 0.958. The van der Waals surface area contributed by atoms with Crippen LogP contribution in [-0.4, -0.2) is 49.0 Å². The fraction of sp³-hybridized carbons (Fsp3) is 0.400. The number of nitrogens with one attached hydrogen (secondary N) is 2. The molecule has 2 aromatic rings. The SMILES string of the molecule is COc1ccc2[nH]cc(C(=O)C[NH+]3CCSCC3)c2c1. The van der Waals surface area contributed by atoms with Gasteiger partial charge >= 0.3 is 0 Å². The second-order valence-corrected chi connectivity index (χ2v) is 6.30. The minimum Gasteiger partial charge on any atom is -0.497 e. The minimum atomic E-state index is 0.214. The second kappa shape index (κ2) is 5.89. The highest BCUT2D eigenvalue weighted by Crippen LogP contribution is 2.23. The molecule has 0 radical (unpaired) electrons. The van der Waals surface area contributed by atoms with E-state index in [-0.39, 0.29) is 5.78 Å². The predicted octanol–water partition coefficient (Wildman–Crippen LogP) is 0.991. The lowest BCUT2D eigenvalue weighted by atomic mass is 10.1. The van der Waals surface area contributed by atoms with Gasteiger partial charge in [-0.3, -0.25) is 4.79 Å². The molecule has 0 aliphatic carbocycles. The van der Waals surface area contributed by atoms with Gasteiger partial charge in [-0.1, -0.05) is 0 Å². The van der Waals surface area contributed by atoms with Gasteiger partial charge in [0.1, 0.15) is 12.3 Å². The van der Waals surface area contributed by atoms with Gasteiger partial charge in [-0.15, -0.1) is 0 Å². The first-order valence-electron chi connectivity index (χ1n) is 6.87. The number of hydrogen-bond acceptors (Lipinski definition) is 3. The summed E-state index contributed by atoms with van der Waals surface area (Å²) >= 11 is 1.98. The van der Waals surface area contributed by atoms with E-state index >= 15 is 0 Å². The van der Waals surface area contributed by atoms with Gasteiger partial charge in [-0.25, -0.2) is 0 Å². The number of hydrogen-bond donors (Lipinski definition) is 2. The lowest BCUT2D eigenvalue weighted by Gasteiger charge is -2.22. The topological polar surface area (TPSA) is 46.5 Å². The number of Topliss-reactive ketones (excluding diaryl/α,β-unsaturated/α-hetero) is 1. The van der Waals surface area contributed by atoms with Crippen LogP contribution >= 0.6 is 11.8 Å². The van der Waals surface area contributed by atoms with Crippen molar-refractivity contribution in [3.8, 4) is 5.75 Å².